The van der Waals surface area contributed by atoms with Gasteiger partial charge in [-0.05, 0) is 43.8 Å². The summed E-state index contributed by atoms with van der Waals surface area (Å²) in [5.74, 6) is 0.520. The minimum absolute atomic E-state index is 0.105. The summed E-state index contributed by atoms with van der Waals surface area (Å²) >= 11 is 0. The first-order valence-electron chi connectivity index (χ1n) is 7.89. The van der Waals surface area contributed by atoms with Crippen LogP contribution in [0.15, 0.2) is 0 Å². The summed E-state index contributed by atoms with van der Waals surface area (Å²) in [7, 11) is 0. The molecular formula is C15H33N3. The Morgan fingerprint density at radius 3 is 1.72 bits per heavy atom. The van der Waals surface area contributed by atoms with Gasteiger partial charge in [0.25, 0.3) is 0 Å². The van der Waals surface area contributed by atoms with Crippen molar-refractivity contribution in [3.05, 3.63) is 0 Å². The maximum absolute atomic E-state index is 6.06. The van der Waals surface area contributed by atoms with Crippen LogP contribution in [-0.2, 0) is 0 Å². The summed E-state index contributed by atoms with van der Waals surface area (Å²) in [5, 5.41) is 0. The molecule has 1 rings (SSSR count). The van der Waals surface area contributed by atoms with Crippen molar-refractivity contribution < 1.29 is 0 Å². The zero-order chi connectivity index (χ0) is 13.3. The van der Waals surface area contributed by atoms with Crippen molar-refractivity contribution >= 4 is 0 Å². The topological polar surface area (TPSA) is 78.1 Å². The van der Waals surface area contributed by atoms with E-state index in [1.807, 2.05) is 0 Å². The normalized spacial score (nSPS) is 27.2. The van der Waals surface area contributed by atoms with Crippen LogP contribution in [0.25, 0.3) is 0 Å². The molecule has 0 amide bonds. The molecular weight excluding hydrogens is 222 g/mol. The van der Waals surface area contributed by atoms with E-state index in [1.54, 1.807) is 0 Å². The summed E-state index contributed by atoms with van der Waals surface area (Å²) in [6, 6.07) is 0. The number of nitrogens with two attached hydrogens (primary N) is 3. The Morgan fingerprint density at radius 1 is 0.722 bits per heavy atom. The van der Waals surface area contributed by atoms with Crippen LogP contribution in [0.2, 0.25) is 0 Å². The lowest BCUT2D eigenvalue weighted by molar-refractivity contribution is 0.148. The monoisotopic (exact) mass is 255 g/mol. The Bertz CT molecular complexity index is 202. The molecule has 0 bridgehead atoms. The minimum atomic E-state index is 0.105. The lowest BCUT2D eigenvalue weighted by atomic mass is 9.69. The van der Waals surface area contributed by atoms with Crippen LogP contribution in [0.4, 0.5) is 0 Å². The fraction of sp³-hybridized carbons (Fsp3) is 1.00. The van der Waals surface area contributed by atoms with E-state index in [9.17, 15) is 0 Å². The van der Waals surface area contributed by atoms with E-state index in [1.165, 1.54) is 64.2 Å². The molecule has 0 aromatic carbocycles. The number of hydrogen-bond acceptors (Lipinski definition) is 3. The van der Waals surface area contributed by atoms with Crippen LogP contribution in [0.3, 0.4) is 0 Å². The molecule has 3 heteroatoms. The van der Waals surface area contributed by atoms with E-state index in [0.717, 1.165) is 6.54 Å². The van der Waals surface area contributed by atoms with E-state index in [4.69, 9.17) is 17.2 Å². The molecule has 1 saturated carbocycles. The van der Waals surface area contributed by atoms with Crippen molar-refractivity contribution in [1.29, 1.82) is 0 Å². The van der Waals surface area contributed by atoms with Gasteiger partial charge in [-0.15, -0.1) is 0 Å². The van der Waals surface area contributed by atoms with Gasteiger partial charge >= 0.3 is 0 Å². The fourth-order valence-corrected chi connectivity index (χ4v) is 3.43. The van der Waals surface area contributed by atoms with E-state index in [-0.39, 0.29) is 5.41 Å². The second-order valence-electron chi connectivity index (χ2n) is 6.07. The van der Waals surface area contributed by atoms with Gasteiger partial charge in [-0.2, -0.15) is 0 Å². The Kier molecular flexibility index (Phi) is 7.87. The van der Waals surface area contributed by atoms with Gasteiger partial charge in [-0.3, -0.25) is 0 Å². The van der Waals surface area contributed by atoms with Crippen molar-refractivity contribution in [2.24, 2.45) is 28.5 Å². The average molecular weight is 255 g/mol. The third-order valence-electron chi connectivity index (χ3n) is 4.94. The number of hydrogen-bond donors (Lipinski definition) is 3. The average Bonchev–Trinajstić information content (AvgIpc) is 2.40. The molecule has 6 N–H and O–H groups in total. The molecule has 1 fully saturated rings. The van der Waals surface area contributed by atoms with Crippen LogP contribution >= 0.6 is 0 Å². The molecule has 108 valence electrons. The molecule has 0 saturated heterocycles. The molecule has 1 aliphatic carbocycles. The third-order valence-corrected chi connectivity index (χ3v) is 4.94. The first-order chi connectivity index (χ1) is 8.79. The van der Waals surface area contributed by atoms with Gasteiger partial charge in [-0.25, -0.2) is 0 Å². The van der Waals surface area contributed by atoms with Crippen molar-refractivity contribution in [2.75, 3.05) is 19.6 Å². The highest BCUT2D eigenvalue weighted by atomic mass is 14.7. The van der Waals surface area contributed by atoms with E-state index in [0.29, 0.717) is 19.0 Å². The lowest BCUT2D eigenvalue weighted by Crippen LogP contribution is -2.47. The SMILES string of the molecule is NCC1CCCCCCCCCCC1(CN)CN. The standard InChI is InChI=1S/C15H33N3/c16-11-14-9-7-5-3-1-2-4-6-8-10-15(14,12-17)13-18/h14H,1-13,16-18H2. The molecule has 0 spiro atoms. The highest BCUT2D eigenvalue weighted by molar-refractivity contribution is 4.89. The Morgan fingerprint density at radius 2 is 1.22 bits per heavy atom. The summed E-state index contributed by atoms with van der Waals surface area (Å²) < 4.78 is 0. The Balaban J connectivity index is 2.65. The molecule has 1 unspecified atom stereocenters. The van der Waals surface area contributed by atoms with Crippen LogP contribution < -0.4 is 17.2 Å². The molecule has 3 nitrogen and oxygen atoms in total. The molecule has 0 aromatic heterocycles. The van der Waals surface area contributed by atoms with Gasteiger partial charge in [0.1, 0.15) is 0 Å². The fourth-order valence-electron chi connectivity index (χ4n) is 3.43. The van der Waals surface area contributed by atoms with Crippen LogP contribution in [0, 0.1) is 11.3 Å². The van der Waals surface area contributed by atoms with Crippen LogP contribution in [-0.4, -0.2) is 19.6 Å². The second-order valence-corrected chi connectivity index (χ2v) is 6.07. The van der Waals surface area contributed by atoms with E-state index >= 15 is 0 Å². The second kappa shape index (κ2) is 8.89. The van der Waals surface area contributed by atoms with Gasteiger partial charge < -0.3 is 17.2 Å². The molecule has 0 aliphatic heterocycles. The maximum atomic E-state index is 6.06. The van der Waals surface area contributed by atoms with Gasteiger partial charge in [0.15, 0.2) is 0 Å². The van der Waals surface area contributed by atoms with E-state index < -0.39 is 0 Å². The predicted octanol–water partition coefficient (Wildman–Crippen LogP) is 2.38. The summed E-state index contributed by atoms with van der Waals surface area (Å²) in [4.78, 5) is 0. The van der Waals surface area contributed by atoms with Crippen LogP contribution in [0.5, 0.6) is 0 Å². The molecule has 0 heterocycles. The smallest absolute Gasteiger partial charge is 0.000529 e. The zero-order valence-electron chi connectivity index (χ0n) is 12.0. The molecule has 0 radical (unpaired) electrons. The van der Waals surface area contributed by atoms with Gasteiger partial charge in [0, 0.05) is 0 Å². The van der Waals surface area contributed by atoms with Crippen LogP contribution in [0.1, 0.15) is 64.2 Å². The molecule has 18 heavy (non-hydrogen) atoms. The summed E-state index contributed by atoms with van der Waals surface area (Å²) in [6.45, 7) is 2.14. The quantitative estimate of drug-likeness (QED) is 0.724. The van der Waals surface area contributed by atoms with Crippen molar-refractivity contribution in [2.45, 2.75) is 64.2 Å². The minimum Gasteiger partial charge on any atom is -0.330 e. The molecule has 1 atom stereocenters. The first kappa shape index (κ1) is 15.9. The highest BCUT2D eigenvalue weighted by Gasteiger charge is 2.34. The van der Waals surface area contributed by atoms with E-state index in [2.05, 4.69) is 0 Å². The maximum Gasteiger partial charge on any atom is -0.000529 e. The van der Waals surface area contributed by atoms with Gasteiger partial charge in [-0.1, -0.05) is 51.4 Å². The van der Waals surface area contributed by atoms with Crippen molar-refractivity contribution in [1.82, 2.24) is 0 Å². The first-order valence-corrected chi connectivity index (χ1v) is 7.89. The summed E-state index contributed by atoms with van der Waals surface area (Å²) in [6.07, 6.45) is 13.2. The zero-order valence-corrected chi connectivity index (χ0v) is 12.0. The largest absolute Gasteiger partial charge is 0.330 e. The number of rotatable bonds is 3. The Hall–Kier alpha value is -0.120. The predicted molar refractivity (Wildman–Crippen MR) is 79.3 cm³/mol. The third kappa shape index (κ3) is 4.52. The lowest BCUT2D eigenvalue weighted by Gasteiger charge is -2.39. The highest BCUT2D eigenvalue weighted by Crippen LogP contribution is 2.35. The van der Waals surface area contributed by atoms with Gasteiger partial charge in [0.05, 0.1) is 0 Å². The van der Waals surface area contributed by atoms with Crippen molar-refractivity contribution in [3.63, 3.8) is 0 Å². The molecule has 1 aliphatic rings. The van der Waals surface area contributed by atoms with Gasteiger partial charge in [0.2, 0.25) is 0 Å². The summed E-state index contributed by atoms with van der Waals surface area (Å²) in [5.41, 5.74) is 18.2. The Labute approximate surface area is 113 Å². The van der Waals surface area contributed by atoms with Crippen molar-refractivity contribution in [3.8, 4) is 0 Å². The molecule has 0 aromatic rings.